The molecule has 3 aromatic rings. The summed E-state index contributed by atoms with van der Waals surface area (Å²) in [5.74, 6) is 3.51. The van der Waals surface area contributed by atoms with Crippen LogP contribution in [-0.2, 0) is 0 Å². The molecule has 4 heterocycles. The van der Waals surface area contributed by atoms with E-state index in [0.29, 0.717) is 17.7 Å². The predicted molar refractivity (Wildman–Crippen MR) is 93.4 cm³/mol. The highest BCUT2D eigenvalue weighted by Crippen LogP contribution is 2.40. The van der Waals surface area contributed by atoms with Crippen molar-refractivity contribution in [2.45, 2.75) is 37.5 Å². The first-order chi connectivity index (χ1) is 12.3. The number of ether oxygens (including phenoxy) is 1. The van der Waals surface area contributed by atoms with Crippen LogP contribution < -0.4 is 9.64 Å². The lowest BCUT2D eigenvalue weighted by Gasteiger charge is -2.30. The van der Waals surface area contributed by atoms with Gasteiger partial charge in [-0.1, -0.05) is 0 Å². The van der Waals surface area contributed by atoms with Gasteiger partial charge in [0.05, 0.1) is 7.11 Å². The van der Waals surface area contributed by atoms with Gasteiger partial charge in [-0.15, -0.1) is 15.3 Å². The maximum Gasteiger partial charge on any atom is 0.231 e. The summed E-state index contributed by atoms with van der Waals surface area (Å²) in [5, 5.41) is 14.1. The van der Waals surface area contributed by atoms with Crippen LogP contribution >= 0.6 is 11.5 Å². The van der Waals surface area contributed by atoms with E-state index in [0.717, 1.165) is 48.4 Å². The Bertz CT molecular complexity index is 895. The largest absolute Gasteiger partial charge is 0.480 e. The first kappa shape index (κ1) is 15.0. The fourth-order valence-corrected chi connectivity index (χ4v) is 4.14. The van der Waals surface area contributed by atoms with Crippen LogP contribution in [0.2, 0.25) is 0 Å². The highest BCUT2D eigenvalue weighted by molar-refractivity contribution is 7.09. The third-order valence-corrected chi connectivity index (χ3v) is 5.77. The van der Waals surface area contributed by atoms with Gasteiger partial charge in [0.25, 0.3) is 0 Å². The molecule has 9 heteroatoms. The molecule has 3 aromatic heterocycles. The molecule has 2 fully saturated rings. The quantitative estimate of drug-likeness (QED) is 0.708. The molecule has 5 rings (SSSR count). The first-order valence-electron chi connectivity index (χ1n) is 8.67. The topological polar surface area (TPSA) is 81.3 Å². The average Bonchev–Trinajstić information content (AvgIpc) is 3.24. The molecule has 130 valence electrons. The summed E-state index contributed by atoms with van der Waals surface area (Å²) in [5.41, 5.74) is 0.761. The van der Waals surface area contributed by atoms with E-state index in [-0.39, 0.29) is 0 Å². The number of aromatic nitrogens is 6. The SMILES string of the molecule is COc1ccc2nnc(C3CCN(c4nc(C5CC5)ns4)CC3)n2n1. The second kappa shape index (κ2) is 5.91. The minimum Gasteiger partial charge on any atom is -0.480 e. The smallest absolute Gasteiger partial charge is 0.231 e. The monoisotopic (exact) mass is 357 g/mol. The van der Waals surface area contributed by atoms with Gasteiger partial charge >= 0.3 is 0 Å². The van der Waals surface area contributed by atoms with Gasteiger partial charge in [0.15, 0.2) is 11.5 Å². The van der Waals surface area contributed by atoms with Crippen molar-refractivity contribution in [1.82, 2.24) is 29.2 Å². The summed E-state index contributed by atoms with van der Waals surface area (Å²) >= 11 is 1.53. The molecule has 25 heavy (non-hydrogen) atoms. The van der Waals surface area contributed by atoms with Gasteiger partial charge in [0.2, 0.25) is 11.0 Å². The number of fused-ring (bicyclic) bond motifs is 1. The Hall–Kier alpha value is -2.29. The van der Waals surface area contributed by atoms with Crippen LogP contribution in [0.1, 0.15) is 49.2 Å². The number of piperidine rings is 1. The maximum atomic E-state index is 5.23. The predicted octanol–water partition coefficient (Wildman–Crippen LogP) is 2.25. The van der Waals surface area contributed by atoms with Crippen molar-refractivity contribution in [3.63, 3.8) is 0 Å². The Morgan fingerprint density at radius 1 is 1.08 bits per heavy atom. The van der Waals surface area contributed by atoms with Crippen molar-refractivity contribution in [2.24, 2.45) is 0 Å². The lowest BCUT2D eigenvalue weighted by atomic mass is 9.96. The van der Waals surface area contributed by atoms with Crippen LogP contribution in [0.4, 0.5) is 5.13 Å². The van der Waals surface area contributed by atoms with Crippen LogP contribution in [-0.4, -0.2) is 49.4 Å². The van der Waals surface area contributed by atoms with E-state index >= 15 is 0 Å². The highest BCUT2D eigenvalue weighted by Gasteiger charge is 2.30. The van der Waals surface area contributed by atoms with E-state index in [4.69, 9.17) is 9.72 Å². The number of methoxy groups -OCH3 is 1. The molecule has 1 saturated heterocycles. The van der Waals surface area contributed by atoms with Gasteiger partial charge in [-0.25, -0.2) is 4.98 Å². The standard InChI is InChI=1S/C16H19N7OS/c1-24-13-5-4-12-18-19-15(23(12)20-13)11-6-8-22(9-7-11)16-17-14(21-25-16)10-2-3-10/h4-5,10-11H,2-3,6-9H2,1H3. The van der Waals surface area contributed by atoms with Gasteiger partial charge in [-0.05, 0) is 31.7 Å². The zero-order valence-corrected chi connectivity index (χ0v) is 14.8. The van der Waals surface area contributed by atoms with Crippen LogP contribution in [0.3, 0.4) is 0 Å². The van der Waals surface area contributed by atoms with Crippen LogP contribution in [0.5, 0.6) is 5.88 Å². The van der Waals surface area contributed by atoms with Crippen molar-refractivity contribution >= 4 is 22.3 Å². The van der Waals surface area contributed by atoms with E-state index in [2.05, 4.69) is 24.6 Å². The van der Waals surface area contributed by atoms with E-state index in [1.807, 2.05) is 16.6 Å². The number of hydrogen-bond acceptors (Lipinski definition) is 8. The Balaban J connectivity index is 1.32. The summed E-state index contributed by atoms with van der Waals surface area (Å²) in [6.45, 7) is 1.92. The Labute approximate surface area is 149 Å². The van der Waals surface area contributed by atoms with Gasteiger partial charge in [-0.2, -0.15) is 8.89 Å². The zero-order chi connectivity index (χ0) is 16.8. The molecule has 0 amide bonds. The Morgan fingerprint density at radius 2 is 1.92 bits per heavy atom. The molecular formula is C16H19N7OS. The normalized spacial score (nSPS) is 18.8. The summed E-state index contributed by atoms with van der Waals surface area (Å²) in [4.78, 5) is 7.07. The second-order valence-corrected chi connectivity index (χ2v) is 7.40. The number of rotatable bonds is 4. The number of hydrogen-bond donors (Lipinski definition) is 0. The van der Waals surface area contributed by atoms with E-state index in [1.54, 1.807) is 7.11 Å². The Morgan fingerprint density at radius 3 is 2.68 bits per heavy atom. The molecule has 0 atom stereocenters. The molecule has 8 nitrogen and oxygen atoms in total. The fraction of sp³-hybridized carbons (Fsp3) is 0.562. The summed E-state index contributed by atoms with van der Waals surface area (Å²) in [6, 6.07) is 3.70. The summed E-state index contributed by atoms with van der Waals surface area (Å²) < 4.78 is 11.6. The van der Waals surface area contributed by atoms with Crippen LogP contribution in [0.25, 0.3) is 5.65 Å². The van der Waals surface area contributed by atoms with E-state index in [1.165, 1.54) is 24.4 Å². The molecule has 0 unspecified atom stereocenters. The molecule has 2 aliphatic rings. The van der Waals surface area contributed by atoms with Gasteiger partial charge < -0.3 is 9.64 Å². The van der Waals surface area contributed by atoms with Crippen molar-refractivity contribution in [2.75, 3.05) is 25.1 Å². The van der Waals surface area contributed by atoms with Gasteiger partial charge in [0, 0.05) is 42.5 Å². The number of anilines is 1. The summed E-state index contributed by atoms with van der Waals surface area (Å²) in [6.07, 6.45) is 4.51. The van der Waals surface area contributed by atoms with Crippen molar-refractivity contribution < 1.29 is 4.74 Å². The fourth-order valence-electron chi connectivity index (χ4n) is 3.34. The third kappa shape index (κ3) is 2.72. The first-order valence-corrected chi connectivity index (χ1v) is 9.44. The molecule has 0 aromatic carbocycles. The molecule has 0 radical (unpaired) electrons. The van der Waals surface area contributed by atoms with Crippen LogP contribution in [0.15, 0.2) is 12.1 Å². The van der Waals surface area contributed by atoms with Crippen LogP contribution in [0, 0.1) is 0 Å². The van der Waals surface area contributed by atoms with Crippen molar-refractivity contribution in [3.8, 4) is 5.88 Å². The molecule has 1 aliphatic carbocycles. The molecule has 1 saturated carbocycles. The lowest BCUT2D eigenvalue weighted by Crippen LogP contribution is -2.33. The zero-order valence-electron chi connectivity index (χ0n) is 14.0. The molecule has 0 bridgehead atoms. The van der Waals surface area contributed by atoms with Gasteiger partial charge in [-0.3, -0.25) is 0 Å². The number of nitrogens with zero attached hydrogens (tertiary/aromatic N) is 7. The van der Waals surface area contributed by atoms with E-state index in [9.17, 15) is 0 Å². The molecular weight excluding hydrogens is 338 g/mol. The molecule has 1 aliphatic heterocycles. The van der Waals surface area contributed by atoms with Crippen molar-refractivity contribution in [3.05, 3.63) is 23.8 Å². The Kier molecular flexibility index (Phi) is 3.54. The molecule has 0 N–H and O–H groups in total. The highest BCUT2D eigenvalue weighted by atomic mass is 32.1. The minimum absolute atomic E-state index is 0.349. The third-order valence-electron chi connectivity index (χ3n) is 4.98. The summed E-state index contributed by atoms with van der Waals surface area (Å²) in [7, 11) is 1.62. The van der Waals surface area contributed by atoms with Crippen molar-refractivity contribution in [1.29, 1.82) is 0 Å². The van der Waals surface area contributed by atoms with Gasteiger partial charge in [0.1, 0.15) is 5.82 Å². The minimum atomic E-state index is 0.349. The van der Waals surface area contributed by atoms with E-state index < -0.39 is 0 Å². The maximum absolute atomic E-state index is 5.23. The lowest BCUT2D eigenvalue weighted by molar-refractivity contribution is 0.387. The second-order valence-electron chi connectivity index (χ2n) is 6.67. The molecule has 0 spiro atoms. The average molecular weight is 357 g/mol.